The first-order valence-electron chi connectivity index (χ1n) is 7.20. The van der Waals surface area contributed by atoms with E-state index in [2.05, 4.69) is 28.3 Å². The van der Waals surface area contributed by atoms with Crippen LogP contribution in [-0.2, 0) is 11.2 Å². The molecule has 0 unspecified atom stereocenters. The topological polar surface area (TPSA) is 37.4 Å². The number of aromatic nitrogens is 1. The molecule has 0 aliphatic heterocycles. The van der Waals surface area contributed by atoms with Crippen LogP contribution in [0.5, 0.6) is 0 Å². The highest BCUT2D eigenvalue weighted by Gasteiger charge is 1.99. The number of pyridine rings is 1. The molecule has 4 nitrogen and oxygen atoms in total. The molecule has 0 atom stereocenters. The zero-order valence-electron chi connectivity index (χ0n) is 12.3. The summed E-state index contributed by atoms with van der Waals surface area (Å²) >= 11 is 0. The summed E-state index contributed by atoms with van der Waals surface area (Å²) < 4.78 is 5.29. The summed E-state index contributed by atoms with van der Waals surface area (Å²) in [5.41, 5.74) is 1.17. The molecule has 0 aromatic carbocycles. The van der Waals surface area contributed by atoms with Crippen molar-refractivity contribution >= 4 is 0 Å². The van der Waals surface area contributed by atoms with Crippen LogP contribution in [0.25, 0.3) is 0 Å². The van der Waals surface area contributed by atoms with Gasteiger partial charge in [0.15, 0.2) is 0 Å². The lowest BCUT2D eigenvalue weighted by Crippen LogP contribution is -2.31. The number of likely N-dealkylation sites (N-methyl/N-ethyl adjacent to an activating group) is 1. The number of nitrogens with zero attached hydrogens (tertiary/aromatic N) is 2. The molecule has 0 spiro atoms. The Kier molecular flexibility index (Phi) is 9.23. The van der Waals surface area contributed by atoms with E-state index in [-0.39, 0.29) is 0 Å². The molecule has 1 N–H and O–H groups in total. The van der Waals surface area contributed by atoms with Gasteiger partial charge in [-0.1, -0.05) is 6.07 Å². The lowest BCUT2D eigenvalue weighted by atomic mass is 10.2. The van der Waals surface area contributed by atoms with Crippen LogP contribution >= 0.6 is 0 Å². The van der Waals surface area contributed by atoms with E-state index in [1.165, 1.54) is 5.69 Å². The summed E-state index contributed by atoms with van der Waals surface area (Å²) in [6.07, 6.45) is 3.96. The van der Waals surface area contributed by atoms with Crippen molar-refractivity contribution in [1.29, 1.82) is 0 Å². The van der Waals surface area contributed by atoms with E-state index in [0.29, 0.717) is 0 Å². The van der Waals surface area contributed by atoms with E-state index in [1.807, 2.05) is 25.3 Å². The Morgan fingerprint density at radius 1 is 1.26 bits per heavy atom. The highest BCUT2D eigenvalue weighted by Crippen LogP contribution is 1.95. The van der Waals surface area contributed by atoms with Gasteiger partial charge in [-0.15, -0.1) is 0 Å². The normalized spacial score (nSPS) is 11.1. The highest BCUT2D eigenvalue weighted by atomic mass is 16.5. The molecule has 0 aliphatic rings. The van der Waals surface area contributed by atoms with Gasteiger partial charge in [0.2, 0.25) is 0 Å². The van der Waals surface area contributed by atoms with Crippen molar-refractivity contribution in [3.63, 3.8) is 0 Å². The summed E-state index contributed by atoms with van der Waals surface area (Å²) in [5.74, 6) is 0. The summed E-state index contributed by atoms with van der Waals surface area (Å²) in [7, 11) is 2.16. The first-order chi connectivity index (χ1) is 9.33. The van der Waals surface area contributed by atoms with Gasteiger partial charge in [0.05, 0.1) is 0 Å². The minimum absolute atomic E-state index is 0.816. The predicted molar refractivity (Wildman–Crippen MR) is 79.4 cm³/mol. The summed E-state index contributed by atoms with van der Waals surface area (Å²) in [6, 6.07) is 6.08. The van der Waals surface area contributed by atoms with E-state index in [0.717, 1.165) is 52.2 Å². The standard InChI is InChI=1S/C15H27N3O/c1-3-19-14-6-9-16-11-13-18(2)12-8-15-7-4-5-10-17-15/h4-5,7,10,16H,3,6,8-9,11-14H2,1-2H3. The third-order valence-corrected chi connectivity index (χ3v) is 2.99. The first-order valence-corrected chi connectivity index (χ1v) is 7.20. The van der Waals surface area contributed by atoms with Gasteiger partial charge in [-0.2, -0.15) is 0 Å². The monoisotopic (exact) mass is 265 g/mol. The Balaban J connectivity index is 1.95. The maximum atomic E-state index is 5.29. The lowest BCUT2D eigenvalue weighted by Gasteiger charge is -2.16. The second-order valence-corrected chi connectivity index (χ2v) is 4.67. The average molecular weight is 265 g/mol. The van der Waals surface area contributed by atoms with Gasteiger partial charge in [0.25, 0.3) is 0 Å². The highest BCUT2D eigenvalue weighted by molar-refractivity contribution is 5.03. The van der Waals surface area contributed by atoms with Gasteiger partial charge in [-0.3, -0.25) is 4.98 Å². The molecule has 0 bridgehead atoms. The van der Waals surface area contributed by atoms with E-state index in [9.17, 15) is 0 Å². The van der Waals surface area contributed by atoms with E-state index >= 15 is 0 Å². The molecular formula is C15H27N3O. The fourth-order valence-electron chi connectivity index (χ4n) is 1.80. The number of ether oxygens (including phenoxy) is 1. The minimum atomic E-state index is 0.816. The zero-order chi connectivity index (χ0) is 13.8. The molecule has 0 fully saturated rings. The second-order valence-electron chi connectivity index (χ2n) is 4.67. The fraction of sp³-hybridized carbons (Fsp3) is 0.667. The summed E-state index contributed by atoms with van der Waals surface area (Å²) in [5, 5.41) is 3.44. The molecular weight excluding hydrogens is 238 g/mol. The van der Waals surface area contributed by atoms with E-state index in [1.54, 1.807) is 0 Å². The molecule has 108 valence electrons. The van der Waals surface area contributed by atoms with Crippen LogP contribution < -0.4 is 5.32 Å². The number of hydrogen-bond acceptors (Lipinski definition) is 4. The molecule has 1 aromatic rings. The van der Waals surface area contributed by atoms with Crippen LogP contribution in [0.15, 0.2) is 24.4 Å². The van der Waals surface area contributed by atoms with Crippen molar-refractivity contribution in [2.45, 2.75) is 19.8 Å². The maximum Gasteiger partial charge on any atom is 0.0477 e. The van der Waals surface area contributed by atoms with Gasteiger partial charge in [0, 0.05) is 51.2 Å². The fourth-order valence-corrected chi connectivity index (χ4v) is 1.80. The number of rotatable bonds is 11. The molecule has 1 aromatic heterocycles. The molecule has 0 amide bonds. The Labute approximate surface area is 117 Å². The molecule has 4 heteroatoms. The Morgan fingerprint density at radius 3 is 2.89 bits per heavy atom. The molecule has 0 aliphatic carbocycles. The van der Waals surface area contributed by atoms with Gasteiger partial charge in [0.1, 0.15) is 0 Å². The Hall–Kier alpha value is -0.970. The number of nitrogens with one attached hydrogen (secondary N) is 1. The van der Waals surface area contributed by atoms with Crippen molar-refractivity contribution in [3.05, 3.63) is 30.1 Å². The van der Waals surface area contributed by atoms with Gasteiger partial charge in [-0.25, -0.2) is 0 Å². The predicted octanol–water partition coefficient (Wildman–Crippen LogP) is 1.57. The first kappa shape index (κ1) is 16.1. The summed E-state index contributed by atoms with van der Waals surface area (Å²) in [6.45, 7) is 7.90. The van der Waals surface area contributed by atoms with Crippen molar-refractivity contribution in [1.82, 2.24) is 15.2 Å². The van der Waals surface area contributed by atoms with Gasteiger partial charge in [-0.05, 0) is 39.1 Å². The molecule has 1 rings (SSSR count). The molecule has 0 saturated carbocycles. The van der Waals surface area contributed by atoms with Crippen LogP contribution in [0.3, 0.4) is 0 Å². The minimum Gasteiger partial charge on any atom is -0.382 e. The van der Waals surface area contributed by atoms with Crippen molar-refractivity contribution in [2.24, 2.45) is 0 Å². The molecule has 0 radical (unpaired) electrons. The van der Waals surface area contributed by atoms with E-state index < -0.39 is 0 Å². The van der Waals surface area contributed by atoms with Crippen LogP contribution in [0.4, 0.5) is 0 Å². The van der Waals surface area contributed by atoms with Crippen LogP contribution in [0, 0.1) is 0 Å². The van der Waals surface area contributed by atoms with Crippen molar-refractivity contribution < 1.29 is 4.74 Å². The van der Waals surface area contributed by atoms with E-state index in [4.69, 9.17) is 4.74 Å². The van der Waals surface area contributed by atoms with Crippen LogP contribution in [-0.4, -0.2) is 56.3 Å². The third-order valence-electron chi connectivity index (χ3n) is 2.99. The van der Waals surface area contributed by atoms with Crippen molar-refractivity contribution in [2.75, 3.05) is 46.4 Å². The SMILES string of the molecule is CCOCCCNCCN(C)CCc1ccccn1. The average Bonchev–Trinajstić information content (AvgIpc) is 2.45. The second kappa shape index (κ2) is 10.9. The van der Waals surface area contributed by atoms with Gasteiger partial charge < -0.3 is 15.0 Å². The lowest BCUT2D eigenvalue weighted by molar-refractivity contribution is 0.144. The zero-order valence-corrected chi connectivity index (χ0v) is 12.3. The molecule has 0 saturated heterocycles. The maximum absolute atomic E-state index is 5.29. The molecule has 19 heavy (non-hydrogen) atoms. The quantitative estimate of drug-likeness (QED) is 0.616. The smallest absolute Gasteiger partial charge is 0.0477 e. The number of hydrogen-bond donors (Lipinski definition) is 1. The molecule has 1 heterocycles. The third kappa shape index (κ3) is 8.70. The Bertz CT molecular complexity index is 306. The van der Waals surface area contributed by atoms with Crippen molar-refractivity contribution in [3.8, 4) is 0 Å². The van der Waals surface area contributed by atoms with Crippen LogP contribution in [0.2, 0.25) is 0 Å². The Morgan fingerprint density at radius 2 is 2.16 bits per heavy atom. The van der Waals surface area contributed by atoms with Gasteiger partial charge >= 0.3 is 0 Å². The largest absolute Gasteiger partial charge is 0.382 e. The van der Waals surface area contributed by atoms with Crippen LogP contribution in [0.1, 0.15) is 19.0 Å². The summed E-state index contributed by atoms with van der Waals surface area (Å²) in [4.78, 5) is 6.67.